The number of hydrogen-bond acceptors (Lipinski definition) is 3. The topological polar surface area (TPSA) is 72.5 Å². The van der Waals surface area contributed by atoms with E-state index < -0.39 is 25.0 Å². The number of ether oxygens (including phenoxy) is 1. The van der Waals surface area contributed by atoms with E-state index in [2.05, 4.69) is 4.74 Å². The van der Waals surface area contributed by atoms with Crippen LogP contribution in [0.1, 0.15) is 6.42 Å². The second kappa shape index (κ2) is 6.01. The highest BCUT2D eigenvalue weighted by Gasteiger charge is 2.29. The van der Waals surface area contributed by atoms with Gasteiger partial charge in [0.1, 0.15) is 6.04 Å². The van der Waals surface area contributed by atoms with E-state index in [1.165, 1.54) is 0 Å². The van der Waals surface area contributed by atoms with Gasteiger partial charge in [0.15, 0.2) is 0 Å². The zero-order valence-corrected chi connectivity index (χ0v) is 7.19. The standard InChI is InChI=1S/C5H8F3NO3.ClH/c6-5(7,8)12-2-1-3(9)4(10)11;/h3H,1-2,9H2,(H,10,11);1H. The van der Waals surface area contributed by atoms with Crippen molar-refractivity contribution in [1.82, 2.24) is 0 Å². The molecule has 0 saturated heterocycles. The molecule has 0 fully saturated rings. The molecule has 4 nitrogen and oxygen atoms in total. The summed E-state index contributed by atoms with van der Waals surface area (Å²) in [5.74, 6) is -1.35. The van der Waals surface area contributed by atoms with E-state index in [1.54, 1.807) is 0 Å². The van der Waals surface area contributed by atoms with E-state index in [1.807, 2.05) is 0 Å². The molecule has 0 bridgehead atoms. The summed E-state index contributed by atoms with van der Waals surface area (Å²) in [6.07, 6.45) is -5.09. The van der Waals surface area contributed by atoms with Crippen molar-refractivity contribution in [3.63, 3.8) is 0 Å². The quantitative estimate of drug-likeness (QED) is 0.738. The van der Waals surface area contributed by atoms with Gasteiger partial charge in [-0.2, -0.15) is 0 Å². The molecule has 0 aromatic heterocycles. The predicted octanol–water partition coefficient (Wildman–Crippen LogP) is 0.747. The Bertz CT molecular complexity index is 164. The number of carboxylic acids is 1. The Morgan fingerprint density at radius 3 is 2.31 bits per heavy atom. The summed E-state index contributed by atoms with van der Waals surface area (Å²) in [7, 11) is 0. The van der Waals surface area contributed by atoms with Crippen molar-refractivity contribution >= 4 is 18.4 Å². The predicted molar refractivity (Wildman–Crippen MR) is 39.5 cm³/mol. The fraction of sp³-hybridized carbons (Fsp3) is 0.800. The average molecular weight is 224 g/mol. The largest absolute Gasteiger partial charge is 0.522 e. The van der Waals surface area contributed by atoms with Crippen molar-refractivity contribution in [2.75, 3.05) is 6.61 Å². The summed E-state index contributed by atoms with van der Waals surface area (Å²) in [5, 5.41) is 8.15. The lowest BCUT2D eigenvalue weighted by Gasteiger charge is -2.08. The highest BCUT2D eigenvalue weighted by molar-refractivity contribution is 5.85. The molecule has 1 unspecified atom stereocenters. The minimum atomic E-state index is -4.72. The maximum atomic E-state index is 11.3. The maximum absolute atomic E-state index is 11.3. The van der Waals surface area contributed by atoms with E-state index in [0.29, 0.717) is 0 Å². The third kappa shape index (κ3) is 9.38. The molecule has 0 aromatic rings. The summed E-state index contributed by atoms with van der Waals surface area (Å²) in [4.78, 5) is 9.99. The molecule has 0 aliphatic carbocycles. The van der Waals surface area contributed by atoms with Gasteiger partial charge in [-0.3, -0.25) is 9.53 Å². The van der Waals surface area contributed by atoms with Crippen molar-refractivity contribution in [3.8, 4) is 0 Å². The van der Waals surface area contributed by atoms with Crippen molar-refractivity contribution in [2.45, 2.75) is 18.8 Å². The number of alkyl halides is 3. The van der Waals surface area contributed by atoms with Crippen LogP contribution in [-0.2, 0) is 9.53 Å². The number of carboxylic acid groups (broad SMARTS) is 1. The van der Waals surface area contributed by atoms with Crippen LogP contribution < -0.4 is 5.73 Å². The van der Waals surface area contributed by atoms with Gasteiger partial charge in [0, 0.05) is 0 Å². The molecule has 0 aromatic carbocycles. The molecule has 0 saturated carbocycles. The Morgan fingerprint density at radius 2 is 2.00 bits per heavy atom. The van der Waals surface area contributed by atoms with Gasteiger partial charge in [-0.25, -0.2) is 0 Å². The van der Waals surface area contributed by atoms with E-state index in [4.69, 9.17) is 10.8 Å². The van der Waals surface area contributed by atoms with Crippen molar-refractivity contribution in [3.05, 3.63) is 0 Å². The zero-order chi connectivity index (χ0) is 9.78. The van der Waals surface area contributed by atoms with Crippen LogP contribution in [0, 0.1) is 0 Å². The number of hydrogen-bond donors (Lipinski definition) is 2. The van der Waals surface area contributed by atoms with Gasteiger partial charge in [-0.15, -0.1) is 25.6 Å². The molecular weight excluding hydrogens is 215 g/mol. The lowest BCUT2D eigenvalue weighted by Crippen LogP contribution is -2.32. The minimum Gasteiger partial charge on any atom is -0.480 e. The molecule has 0 aliphatic heterocycles. The number of halogens is 4. The monoisotopic (exact) mass is 223 g/mol. The van der Waals surface area contributed by atoms with Gasteiger partial charge >= 0.3 is 12.3 Å². The summed E-state index contributed by atoms with van der Waals surface area (Å²) < 4.78 is 37.2. The van der Waals surface area contributed by atoms with Gasteiger partial charge in [0.25, 0.3) is 0 Å². The molecule has 13 heavy (non-hydrogen) atoms. The van der Waals surface area contributed by atoms with E-state index in [0.717, 1.165) is 0 Å². The first-order valence-electron chi connectivity index (χ1n) is 3.02. The number of carbonyl (C=O) groups is 1. The Morgan fingerprint density at radius 1 is 1.54 bits per heavy atom. The Balaban J connectivity index is 0. The van der Waals surface area contributed by atoms with E-state index >= 15 is 0 Å². The summed E-state index contributed by atoms with van der Waals surface area (Å²) >= 11 is 0. The Labute approximate surface area is 78.3 Å². The first kappa shape index (κ1) is 15.0. The fourth-order valence-corrected chi connectivity index (χ4v) is 0.425. The molecule has 0 amide bonds. The maximum Gasteiger partial charge on any atom is 0.522 e. The summed E-state index contributed by atoms with van der Waals surface area (Å²) in [6.45, 7) is -0.739. The lowest BCUT2D eigenvalue weighted by atomic mass is 10.2. The second-order valence-electron chi connectivity index (χ2n) is 2.03. The van der Waals surface area contributed by atoms with Crippen LogP contribution in [0.15, 0.2) is 0 Å². The third-order valence-electron chi connectivity index (χ3n) is 1.01. The SMILES string of the molecule is Cl.NC(CCOC(F)(F)F)C(=O)O. The van der Waals surface area contributed by atoms with E-state index in [9.17, 15) is 18.0 Å². The van der Waals surface area contributed by atoms with Crippen LogP contribution in [0.2, 0.25) is 0 Å². The number of nitrogens with two attached hydrogens (primary N) is 1. The first-order valence-corrected chi connectivity index (χ1v) is 3.02. The molecule has 80 valence electrons. The van der Waals surface area contributed by atoms with Gasteiger partial charge < -0.3 is 10.8 Å². The van der Waals surface area contributed by atoms with Gasteiger partial charge in [0.2, 0.25) is 0 Å². The van der Waals surface area contributed by atoms with Crippen LogP contribution in [0.4, 0.5) is 13.2 Å². The minimum absolute atomic E-state index is 0. The molecule has 1 atom stereocenters. The summed E-state index contributed by atoms with van der Waals surface area (Å²) in [6, 6.07) is -1.31. The molecule has 3 N–H and O–H groups in total. The molecule has 0 spiro atoms. The van der Waals surface area contributed by atoms with Crippen LogP contribution in [0.3, 0.4) is 0 Å². The van der Waals surface area contributed by atoms with Gasteiger partial charge in [-0.1, -0.05) is 0 Å². The average Bonchev–Trinajstić information content (AvgIpc) is 1.84. The van der Waals surface area contributed by atoms with Crippen LogP contribution in [-0.4, -0.2) is 30.1 Å². The van der Waals surface area contributed by atoms with Crippen LogP contribution in [0.25, 0.3) is 0 Å². The smallest absolute Gasteiger partial charge is 0.480 e. The number of rotatable bonds is 4. The lowest BCUT2D eigenvalue weighted by molar-refractivity contribution is -0.324. The van der Waals surface area contributed by atoms with Crippen LogP contribution >= 0.6 is 12.4 Å². The Kier molecular flexibility index (Phi) is 6.91. The normalized spacial score (nSPS) is 13.2. The highest BCUT2D eigenvalue weighted by Crippen LogP contribution is 2.16. The van der Waals surface area contributed by atoms with Gasteiger partial charge in [0.05, 0.1) is 6.61 Å². The molecule has 0 rings (SSSR count). The summed E-state index contributed by atoms with van der Waals surface area (Å²) in [5.41, 5.74) is 4.90. The molecular formula is C5H9ClF3NO3. The fourth-order valence-electron chi connectivity index (χ4n) is 0.425. The van der Waals surface area contributed by atoms with Crippen molar-refractivity contribution in [2.24, 2.45) is 5.73 Å². The molecule has 0 heterocycles. The number of aliphatic carboxylic acids is 1. The second-order valence-corrected chi connectivity index (χ2v) is 2.03. The first-order chi connectivity index (χ1) is 5.33. The molecule has 8 heteroatoms. The molecule has 0 radical (unpaired) electrons. The zero-order valence-electron chi connectivity index (χ0n) is 6.37. The molecule has 0 aliphatic rings. The van der Waals surface area contributed by atoms with Crippen molar-refractivity contribution < 1.29 is 27.8 Å². The third-order valence-corrected chi connectivity index (χ3v) is 1.01. The van der Waals surface area contributed by atoms with Crippen molar-refractivity contribution in [1.29, 1.82) is 0 Å². The highest BCUT2D eigenvalue weighted by atomic mass is 35.5. The van der Waals surface area contributed by atoms with Crippen LogP contribution in [0.5, 0.6) is 0 Å². The Hall–Kier alpha value is -0.530. The van der Waals surface area contributed by atoms with Gasteiger partial charge in [-0.05, 0) is 6.42 Å². The van der Waals surface area contributed by atoms with E-state index in [-0.39, 0.29) is 18.8 Å².